The Labute approximate surface area is 164 Å². The van der Waals surface area contributed by atoms with Crippen molar-refractivity contribution in [2.75, 3.05) is 24.7 Å². The number of urea groups is 1. The quantitative estimate of drug-likeness (QED) is 0.776. The molecule has 3 aliphatic rings. The molecule has 0 saturated carbocycles. The number of hydrogen-bond acceptors (Lipinski definition) is 4. The van der Waals surface area contributed by atoms with E-state index in [0.29, 0.717) is 12.0 Å². The van der Waals surface area contributed by atoms with Crippen molar-refractivity contribution in [3.63, 3.8) is 0 Å². The molecule has 142 valence electrons. The minimum Gasteiger partial charge on any atom is -0.333 e. The molecule has 0 spiro atoms. The first-order valence-electron chi connectivity index (χ1n) is 9.57. The highest BCUT2D eigenvalue weighted by molar-refractivity contribution is 7.98. The van der Waals surface area contributed by atoms with Crippen LogP contribution in [0.1, 0.15) is 18.4 Å². The lowest BCUT2D eigenvalue weighted by Gasteiger charge is -2.51. The fraction of sp³-hybridized carbons (Fsp3) is 0.429. The van der Waals surface area contributed by atoms with E-state index < -0.39 is 0 Å². The SMILES string of the molecule is CSc1cccc(NC(=O)N[C@H]2C3CCN(CC3)[C@@H]2Cc2cccnc2)c1. The number of hydrogen-bond donors (Lipinski definition) is 2. The van der Waals surface area contributed by atoms with E-state index in [0.717, 1.165) is 42.9 Å². The first kappa shape index (κ1) is 18.3. The summed E-state index contributed by atoms with van der Waals surface area (Å²) in [5, 5.41) is 6.30. The number of fused-ring (bicyclic) bond motifs is 3. The molecule has 1 aromatic carbocycles. The van der Waals surface area contributed by atoms with Crippen LogP contribution in [0, 0.1) is 5.92 Å². The molecule has 2 amide bonds. The van der Waals surface area contributed by atoms with E-state index in [-0.39, 0.29) is 12.1 Å². The average molecular weight is 383 g/mol. The normalized spacial score (nSPS) is 26.6. The fourth-order valence-electron chi connectivity index (χ4n) is 4.40. The number of nitrogens with one attached hydrogen (secondary N) is 2. The third-order valence-corrected chi connectivity index (χ3v) is 6.48. The number of carbonyl (C=O) groups is 1. The van der Waals surface area contributed by atoms with Crippen molar-refractivity contribution >= 4 is 23.5 Å². The average Bonchev–Trinajstić information content (AvgIpc) is 2.71. The number of anilines is 1. The summed E-state index contributed by atoms with van der Waals surface area (Å²) < 4.78 is 0. The molecule has 3 aliphatic heterocycles. The predicted molar refractivity (Wildman–Crippen MR) is 110 cm³/mol. The molecule has 5 nitrogen and oxygen atoms in total. The van der Waals surface area contributed by atoms with Crippen molar-refractivity contribution in [3.8, 4) is 0 Å². The highest BCUT2D eigenvalue weighted by Gasteiger charge is 2.42. The van der Waals surface area contributed by atoms with Gasteiger partial charge in [-0.25, -0.2) is 4.79 Å². The van der Waals surface area contributed by atoms with Gasteiger partial charge in [-0.3, -0.25) is 9.88 Å². The van der Waals surface area contributed by atoms with Crippen LogP contribution < -0.4 is 10.6 Å². The molecule has 27 heavy (non-hydrogen) atoms. The molecule has 4 heterocycles. The predicted octanol–water partition coefficient (Wildman–Crippen LogP) is 3.63. The van der Waals surface area contributed by atoms with Gasteiger partial charge < -0.3 is 10.6 Å². The zero-order valence-electron chi connectivity index (χ0n) is 15.6. The Morgan fingerprint density at radius 3 is 2.85 bits per heavy atom. The van der Waals surface area contributed by atoms with Crippen LogP contribution in [0.15, 0.2) is 53.7 Å². The number of piperidine rings is 3. The summed E-state index contributed by atoms with van der Waals surface area (Å²) >= 11 is 1.67. The molecule has 2 atom stereocenters. The van der Waals surface area contributed by atoms with Crippen LogP contribution in [0.4, 0.5) is 10.5 Å². The maximum atomic E-state index is 12.7. The molecule has 2 aromatic rings. The van der Waals surface area contributed by atoms with Gasteiger partial charge in [0.05, 0.1) is 0 Å². The van der Waals surface area contributed by atoms with Crippen molar-refractivity contribution in [2.24, 2.45) is 5.92 Å². The Hall–Kier alpha value is -2.05. The van der Waals surface area contributed by atoms with Crippen molar-refractivity contribution < 1.29 is 4.79 Å². The van der Waals surface area contributed by atoms with Gasteiger partial charge in [0, 0.05) is 35.1 Å². The standard InChI is InChI=1S/C21H26N4OS/c1-27-18-6-2-5-17(13-18)23-21(26)24-20-16-7-10-25(11-8-16)19(20)12-15-4-3-9-22-14-15/h2-6,9,13-14,16,19-20H,7-8,10-12H2,1H3,(H2,23,24,26)/t19-,20+/m1/s1. The Morgan fingerprint density at radius 2 is 2.11 bits per heavy atom. The minimum absolute atomic E-state index is 0.108. The number of thioether (sulfide) groups is 1. The second-order valence-electron chi connectivity index (χ2n) is 7.36. The van der Waals surface area contributed by atoms with E-state index in [1.54, 1.807) is 11.8 Å². The van der Waals surface area contributed by atoms with E-state index >= 15 is 0 Å². The summed E-state index contributed by atoms with van der Waals surface area (Å²) in [4.78, 5) is 20.6. The summed E-state index contributed by atoms with van der Waals surface area (Å²) in [7, 11) is 0. The van der Waals surface area contributed by atoms with Crippen LogP contribution in [-0.4, -0.2) is 47.3 Å². The Morgan fingerprint density at radius 1 is 1.26 bits per heavy atom. The number of pyridine rings is 1. The first-order chi connectivity index (χ1) is 13.2. The van der Waals surface area contributed by atoms with Gasteiger partial charge in [0.1, 0.15) is 0 Å². The third-order valence-electron chi connectivity index (χ3n) is 5.76. The van der Waals surface area contributed by atoms with E-state index in [1.165, 1.54) is 5.56 Å². The monoisotopic (exact) mass is 382 g/mol. The van der Waals surface area contributed by atoms with E-state index in [9.17, 15) is 4.79 Å². The Balaban J connectivity index is 1.45. The van der Waals surface area contributed by atoms with Crippen molar-refractivity contribution in [2.45, 2.75) is 36.2 Å². The number of rotatable bonds is 5. The van der Waals surface area contributed by atoms with Gasteiger partial charge in [-0.15, -0.1) is 11.8 Å². The fourth-order valence-corrected chi connectivity index (χ4v) is 4.86. The van der Waals surface area contributed by atoms with Crippen LogP contribution in [0.3, 0.4) is 0 Å². The van der Waals surface area contributed by atoms with Gasteiger partial charge in [0.2, 0.25) is 0 Å². The number of amides is 2. The van der Waals surface area contributed by atoms with Gasteiger partial charge in [-0.2, -0.15) is 0 Å². The molecule has 3 fully saturated rings. The maximum Gasteiger partial charge on any atom is 0.319 e. The largest absolute Gasteiger partial charge is 0.333 e. The smallest absolute Gasteiger partial charge is 0.319 e. The maximum absolute atomic E-state index is 12.7. The lowest BCUT2D eigenvalue weighted by molar-refractivity contribution is 0.0184. The summed E-state index contributed by atoms with van der Waals surface area (Å²) in [5.41, 5.74) is 2.07. The highest BCUT2D eigenvalue weighted by Crippen LogP contribution is 2.34. The molecule has 0 unspecified atom stereocenters. The van der Waals surface area contributed by atoms with E-state index in [4.69, 9.17) is 0 Å². The molecular weight excluding hydrogens is 356 g/mol. The van der Waals surface area contributed by atoms with Gasteiger partial charge in [0.15, 0.2) is 0 Å². The Kier molecular flexibility index (Phi) is 5.64. The summed E-state index contributed by atoms with van der Waals surface area (Å²) in [6, 6.07) is 12.5. The van der Waals surface area contributed by atoms with Crippen molar-refractivity contribution in [1.82, 2.24) is 15.2 Å². The summed E-state index contributed by atoms with van der Waals surface area (Å²) in [5.74, 6) is 0.556. The molecule has 0 radical (unpaired) electrons. The molecular formula is C21H26N4OS. The molecule has 0 aliphatic carbocycles. The second-order valence-corrected chi connectivity index (χ2v) is 8.24. The molecule has 2 bridgehead atoms. The molecule has 2 N–H and O–H groups in total. The molecule has 6 heteroatoms. The second kappa shape index (κ2) is 8.31. The number of benzene rings is 1. The number of nitrogens with zero attached hydrogens (tertiary/aromatic N) is 2. The van der Waals surface area contributed by atoms with Crippen molar-refractivity contribution in [1.29, 1.82) is 0 Å². The zero-order chi connectivity index (χ0) is 18.6. The van der Waals surface area contributed by atoms with E-state index in [2.05, 4.69) is 26.6 Å². The topological polar surface area (TPSA) is 57.3 Å². The van der Waals surface area contributed by atoms with Gasteiger partial charge in [-0.05, 0) is 74.4 Å². The molecule has 5 rings (SSSR count). The number of carbonyl (C=O) groups excluding carboxylic acids is 1. The zero-order valence-corrected chi connectivity index (χ0v) is 16.4. The summed E-state index contributed by atoms with van der Waals surface area (Å²) in [6.45, 7) is 2.26. The minimum atomic E-state index is -0.108. The molecule has 1 aromatic heterocycles. The van der Waals surface area contributed by atoms with Crippen LogP contribution >= 0.6 is 11.8 Å². The van der Waals surface area contributed by atoms with E-state index in [1.807, 2.05) is 49.0 Å². The lowest BCUT2D eigenvalue weighted by atomic mass is 9.77. The van der Waals surface area contributed by atoms with Gasteiger partial charge in [-0.1, -0.05) is 12.1 Å². The number of aromatic nitrogens is 1. The van der Waals surface area contributed by atoms with Crippen molar-refractivity contribution in [3.05, 3.63) is 54.4 Å². The molecule has 3 saturated heterocycles. The third kappa shape index (κ3) is 4.28. The first-order valence-corrected chi connectivity index (χ1v) is 10.8. The van der Waals surface area contributed by atoms with Crippen LogP contribution in [0.5, 0.6) is 0 Å². The van der Waals surface area contributed by atoms with Crippen LogP contribution in [0.2, 0.25) is 0 Å². The van der Waals surface area contributed by atoms with Crippen LogP contribution in [0.25, 0.3) is 0 Å². The van der Waals surface area contributed by atoms with Gasteiger partial charge >= 0.3 is 6.03 Å². The van der Waals surface area contributed by atoms with Gasteiger partial charge in [0.25, 0.3) is 0 Å². The van der Waals surface area contributed by atoms with Crippen LogP contribution in [-0.2, 0) is 6.42 Å². The lowest BCUT2D eigenvalue weighted by Crippen LogP contribution is -2.64. The Bertz CT molecular complexity index is 777. The highest BCUT2D eigenvalue weighted by atomic mass is 32.2. The summed E-state index contributed by atoms with van der Waals surface area (Å²) in [6.07, 6.45) is 9.04.